The number of rotatable bonds is 3. The van der Waals surface area contributed by atoms with Crippen molar-refractivity contribution in [2.75, 3.05) is 6.54 Å². The molecule has 142 valence electrons. The molecule has 0 aliphatic carbocycles. The first-order valence-corrected chi connectivity index (χ1v) is 10.6. The number of nitrogens with one attached hydrogen (secondary N) is 1. The summed E-state index contributed by atoms with van der Waals surface area (Å²) in [4.78, 5) is 17.7. The smallest absolute Gasteiger partial charge is 0.182 e. The van der Waals surface area contributed by atoms with E-state index in [9.17, 15) is 0 Å². The van der Waals surface area contributed by atoms with Crippen LogP contribution in [0.5, 0.6) is 0 Å². The maximum atomic E-state index is 4.86. The van der Waals surface area contributed by atoms with Gasteiger partial charge in [0.2, 0.25) is 0 Å². The summed E-state index contributed by atoms with van der Waals surface area (Å²) in [5.74, 6) is 0.716. The first kappa shape index (κ1) is 16.8. The summed E-state index contributed by atoms with van der Waals surface area (Å²) < 4.78 is 1.81. The Morgan fingerprint density at radius 2 is 1.93 bits per heavy atom. The van der Waals surface area contributed by atoms with E-state index in [-0.39, 0.29) is 0 Å². The Bertz CT molecular complexity index is 1310. The zero-order valence-corrected chi connectivity index (χ0v) is 16.6. The van der Waals surface area contributed by atoms with Crippen LogP contribution in [-0.4, -0.2) is 31.1 Å². The highest BCUT2D eigenvalue weighted by molar-refractivity contribution is 7.19. The van der Waals surface area contributed by atoms with Gasteiger partial charge < -0.3 is 4.90 Å². The van der Waals surface area contributed by atoms with Gasteiger partial charge in [-0.3, -0.25) is 4.98 Å². The lowest BCUT2D eigenvalue weighted by Crippen LogP contribution is -3.10. The van der Waals surface area contributed by atoms with Crippen molar-refractivity contribution in [2.24, 2.45) is 0 Å². The van der Waals surface area contributed by atoms with Crippen LogP contribution in [0.3, 0.4) is 0 Å². The fourth-order valence-electron chi connectivity index (χ4n) is 4.18. The Balaban J connectivity index is 1.40. The summed E-state index contributed by atoms with van der Waals surface area (Å²) in [7, 11) is 0. The molecule has 0 spiro atoms. The number of hydrogen-bond donors (Lipinski definition) is 1. The van der Waals surface area contributed by atoms with Crippen LogP contribution in [0.25, 0.3) is 27.3 Å². The molecule has 1 aliphatic heterocycles. The van der Waals surface area contributed by atoms with Gasteiger partial charge >= 0.3 is 0 Å². The minimum Gasteiger partial charge on any atom is -0.326 e. The molecule has 1 N–H and O–H groups in total. The third kappa shape index (κ3) is 2.90. The van der Waals surface area contributed by atoms with E-state index in [1.807, 2.05) is 28.0 Å². The van der Waals surface area contributed by atoms with Gasteiger partial charge in [0.25, 0.3) is 0 Å². The molecule has 5 aromatic rings. The highest BCUT2D eigenvalue weighted by Crippen LogP contribution is 2.34. The normalized spacial score (nSPS) is 16.3. The lowest BCUT2D eigenvalue weighted by molar-refractivity contribution is -0.929. The second-order valence-electron chi connectivity index (χ2n) is 7.46. The number of thiophene rings is 1. The van der Waals surface area contributed by atoms with Gasteiger partial charge in [0.15, 0.2) is 11.5 Å². The molecule has 0 saturated carbocycles. The lowest BCUT2D eigenvalue weighted by Gasteiger charge is -2.24. The first-order chi connectivity index (χ1) is 14.3. The summed E-state index contributed by atoms with van der Waals surface area (Å²) in [6, 6.07) is 14.6. The number of hydrogen-bond acceptors (Lipinski definition) is 5. The number of pyridine rings is 1. The monoisotopic (exact) mass is 399 g/mol. The molecule has 1 aromatic carbocycles. The molecule has 0 bridgehead atoms. The van der Waals surface area contributed by atoms with Crippen molar-refractivity contribution in [1.82, 2.24) is 24.6 Å². The van der Waals surface area contributed by atoms with Crippen LogP contribution in [-0.2, 0) is 19.5 Å². The zero-order valence-electron chi connectivity index (χ0n) is 15.7. The van der Waals surface area contributed by atoms with Crippen molar-refractivity contribution in [2.45, 2.75) is 19.5 Å². The van der Waals surface area contributed by atoms with Crippen LogP contribution in [0.2, 0.25) is 0 Å². The fourth-order valence-corrected chi connectivity index (χ4v) is 5.44. The second-order valence-corrected chi connectivity index (χ2v) is 8.54. The topological polar surface area (TPSA) is 60.4 Å². The van der Waals surface area contributed by atoms with Gasteiger partial charge in [0, 0.05) is 29.9 Å². The Morgan fingerprint density at radius 1 is 1.07 bits per heavy atom. The van der Waals surface area contributed by atoms with E-state index in [1.165, 1.54) is 21.4 Å². The van der Waals surface area contributed by atoms with E-state index >= 15 is 0 Å². The van der Waals surface area contributed by atoms with Crippen molar-refractivity contribution in [3.8, 4) is 11.4 Å². The van der Waals surface area contributed by atoms with Crippen molar-refractivity contribution < 1.29 is 4.90 Å². The van der Waals surface area contributed by atoms with Gasteiger partial charge in [-0.25, -0.2) is 14.5 Å². The van der Waals surface area contributed by atoms with Crippen LogP contribution >= 0.6 is 11.3 Å². The minimum absolute atomic E-state index is 0.716. The Kier molecular flexibility index (Phi) is 3.88. The average Bonchev–Trinajstić information content (AvgIpc) is 3.36. The maximum absolute atomic E-state index is 4.86. The van der Waals surface area contributed by atoms with Crippen LogP contribution in [0.4, 0.5) is 0 Å². The molecule has 1 atom stereocenters. The van der Waals surface area contributed by atoms with E-state index in [0.717, 1.165) is 42.1 Å². The van der Waals surface area contributed by atoms with E-state index in [1.54, 1.807) is 23.6 Å². The van der Waals surface area contributed by atoms with Gasteiger partial charge in [0.1, 0.15) is 24.2 Å². The van der Waals surface area contributed by atoms with E-state index in [0.29, 0.717) is 5.82 Å². The van der Waals surface area contributed by atoms with Crippen molar-refractivity contribution in [1.29, 1.82) is 0 Å². The van der Waals surface area contributed by atoms with Crippen LogP contribution in [0.15, 0.2) is 61.2 Å². The Morgan fingerprint density at radius 3 is 2.79 bits per heavy atom. The van der Waals surface area contributed by atoms with E-state index in [4.69, 9.17) is 4.98 Å². The van der Waals surface area contributed by atoms with Gasteiger partial charge in [-0.15, -0.1) is 16.4 Å². The molecule has 0 amide bonds. The summed E-state index contributed by atoms with van der Waals surface area (Å²) in [6.07, 6.45) is 6.37. The van der Waals surface area contributed by atoms with Gasteiger partial charge in [-0.1, -0.05) is 30.3 Å². The third-order valence-electron chi connectivity index (χ3n) is 5.59. The van der Waals surface area contributed by atoms with Gasteiger partial charge in [-0.2, -0.15) is 0 Å². The lowest BCUT2D eigenvalue weighted by atomic mass is 10.0. The molecule has 7 heteroatoms. The predicted molar refractivity (Wildman–Crippen MR) is 113 cm³/mol. The summed E-state index contributed by atoms with van der Waals surface area (Å²) in [5, 5.41) is 5.83. The summed E-state index contributed by atoms with van der Waals surface area (Å²) >= 11 is 1.81. The standard InChI is InChI=1S/C22H18N6S/c1-2-4-15(5-3-1)12-27-11-8-17-18(13-27)29-22-19(17)21-25-20(26-28(21)14-24-22)16-6-9-23-10-7-16/h1-7,9-10,14H,8,11-13H2/p+1. The molecule has 1 unspecified atom stereocenters. The molecule has 6 rings (SSSR count). The number of quaternary nitrogens is 1. The summed E-state index contributed by atoms with van der Waals surface area (Å²) in [6.45, 7) is 3.23. The molecule has 1 aliphatic rings. The fraction of sp³-hybridized carbons (Fsp3) is 0.182. The second kappa shape index (κ2) is 6.72. The highest BCUT2D eigenvalue weighted by atomic mass is 32.1. The molecular formula is C22H19N6S+. The Hall–Kier alpha value is -3.16. The van der Waals surface area contributed by atoms with Crippen molar-refractivity contribution in [3.05, 3.63) is 77.2 Å². The van der Waals surface area contributed by atoms with Crippen LogP contribution in [0, 0.1) is 0 Å². The third-order valence-corrected chi connectivity index (χ3v) is 6.73. The summed E-state index contributed by atoms with van der Waals surface area (Å²) in [5.41, 5.74) is 4.69. The zero-order chi connectivity index (χ0) is 19.2. The quantitative estimate of drug-likeness (QED) is 0.507. The number of nitrogens with zero attached hydrogens (tertiary/aromatic N) is 5. The maximum Gasteiger partial charge on any atom is 0.182 e. The van der Waals surface area contributed by atoms with Gasteiger partial charge in [0.05, 0.1) is 16.8 Å². The number of fused-ring (bicyclic) bond motifs is 5. The molecule has 0 saturated heterocycles. The molecule has 5 heterocycles. The molecule has 0 radical (unpaired) electrons. The largest absolute Gasteiger partial charge is 0.326 e. The first-order valence-electron chi connectivity index (χ1n) is 9.79. The predicted octanol–water partition coefficient (Wildman–Crippen LogP) is 2.54. The van der Waals surface area contributed by atoms with Crippen LogP contribution < -0.4 is 4.90 Å². The molecule has 4 aromatic heterocycles. The number of benzene rings is 1. The highest BCUT2D eigenvalue weighted by Gasteiger charge is 2.26. The van der Waals surface area contributed by atoms with E-state index in [2.05, 4.69) is 45.4 Å². The molecular weight excluding hydrogens is 380 g/mol. The Labute approximate surface area is 171 Å². The SMILES string of the molecule is c1ccc(C[NH+]2CCc3c(sc4ncn5nc(-c6ccncc6)nc5c34)C2)cc1. The molecule has 6 nitrogen and oxygen atoms in total. The molecule has 29 heavy (non-hydrogen) atoms. The van der Waals surface area contributed by atoms with Gasteiger partial charge in [-0.05, 0) is 17.7 Å². The van der Waals surface area contributed by atoms with Crippen molar-refractivity contribution >= 4 is 27.2 Å². The number of aromatic nitrogens is 5. The van der Waals surface area contributed by atoms with Crippen molar-refractivity contribution in [3.63, 3.8) is 0 Å². The van der Waals surface area contributed by atoms with E-state index < -0.39 is 0 Å². The average molecular weight is 400 g/mol. The molecule has 0 fully saturated rings. The minimum atomic E-state index is 0.716. The van der Waals surface area contributed by atoms with Crippen LogP contribution in [0.1, 0.15) is 16.0 Å².